The maximum Gasteiger partial charge on any atom is 0.136 e. The highest BCUT2D eigenvalue weighted by atomic mass is 16.6. The van der Waals surface area contributed by atoms with Crippen LogP contribution >= 0.6 is 0 Å². The lowest BCUT2D eigenvalue weighted by atomic mass is 9.52. The Bertz CT molecular complexity index is 1900. The van der Waals surface area contributed by atoms with Gasteiger partial charge in [-0.15, -0.1) is 0 Å². The molecule has 0 amide bonds. The van der Waals surface area contributed by atoms with Gasteiger partial charge in [0.15, 0.2) is 0 Å². The van der Waals surface area contributed by atoms with E-state index in [2.05, 4.69) is 70.5 Å². The summed E-state index contributed by atoms with van der Waals surface area (Å²) in [5.41, 5.74) is 9.82. The maximum atomic E-state index is 7.57. The van der Waals surface area contributed by atoms with E-state index in [0.717, 1.165) is 26.4 Å². The first-order chi connectivity index (χ1) is 25.6. The fraction of sp³-hybridized carbons (Fsp3) is 0.636. The molecule has 0 aromatic heterocycles. The van der Waals surface area contributed by atoms with Crippen LogP contribution in [0.1, 0.15) is 36.8 Å². The van der Waals surface area contributed by atoms with E-state index in [1.807, 2.05) is 0 Å². The number of fused-ring (bicyclic) bond motifs is 6. The van der Waals surface area contributed by atoms with Gasteiger partial charge in [-0.25, -0.2) is 0 Å². The maximum absolute atomic E-state index is 7.57. The molecule has 11 heterocycles. The van der Waals surface area contributed by atoms with Crippen molar-refractivity contribution in [3.05, 3.63) is 83.0 Å². The van der Waals surface area contributed by atoms with E-state index < -0.39 is 0 Å². The first-order valence-electron chi connectivity index (χ1n) is 21.0. The normalized spacial score (nSPS) is 53.5. The van der Waals surface area contributed by atoms with Gasteiger partial charge in [-0.2, -0.15) is 0 Å². The third kappa shape index (κ3) is 3.01. The summed E-state index contributed by atoms with van der Waals surface area (Å²) in [4.78, 5) is 5.99. The highest BCUT2D eigenvalue weighted by Gasteiger charge is 2.81. The Hall–Kier alpha value is -2.72. The quantitative estimate of drug-likeness (QED) is 0.273. The number of piperidine rings is 2. The van der Waals surface area contributed by atoms with Crippen LogP contribution in [0.5, 0.6) is 0 Å². The Labute approximate surface area is 306 Å². The molecule has 0 N–H and O–H groups in total. The molecule has 4 unspecified atom stereocenters. The van der Waals surface area contributed by atoms with Crippen molar-refractivity contribution in [1.82, 2.24) is 0 Å². The monoisotopic (exact) mass is 698 g/mol. The molecular formula is C44H50N4O4+2. The Balaban J connectivity index is 1.01. The minimum absolute atomic E-state index is 0.0426. The molecule has 2 aliphatic carbocycles. The van der Waals surface area contributed by atoms with Gasteiger partial charge in [-0.1, -0.05) is 48.6 Å². The van der Waals surface area contributed by atoms with E-state index in [0.29, 0.717) is 60.0 Å². The molecule has 13 aliphatic rings. The van der Waals surface area contributed by atoms with Gasteiger partial charge in [0.1, 0.15) is 62.9 Å². The van der Waals surface area contributed by atoms with Gasteiger partial charge in [-0.05, 0) is 34.4 Å². The second kappa shape index (κ2) is 9.04. The molecule has 52 heavy (non-hydrogen) atoms. The van der Waals surface area contributed by atoms with Gasteiger partial charge in [0.2, 0.25) is 0 Å². The number of para-hydroxylation sites is 2. The zero-order valence-electron chi connectivity index (χ0n) is 30.0. The molecule has 8 nitrogen and oxygen atoms in total. The van der Waals surface area contributed by atoms with E-state index >= 15 is 0 Å². The molecule has 2 spiro atoms. The van der Waals surface area contributed by atoms with Crippen LogP contribution in [0, 0.1) is 23.7 Å². The number of rotatable bonds is 4. The number of benzene rings is 2. The summed E-state index contributed by atoms with van der Waals surface area (Å²) in [5.74, 6) is 1.82. The van der Waals surface area contributed by atoms with Crippen LogP contribution in [0.4, 0.5) is 11.4 Å². The lowest BCUT2D eigenvalue weighted by Crippen LogP contribution is -2.78. The van der Waals surface area contributed by atoms with Crippen molar-refractivity contribution in [1.29, 1.82) is 0 Å². The lowest BCUT2D eigenvalue weighted by molar-refractivity contribution is -0.943. The Morgan fingerprint density at radius 1 is 0.615 bits per heavy atom. The van der Waals surface area contributed by atoms with Crippen molar-refractivity contribution < 1.29 is 27.9 Å². The van der Waals surface area contributed by atoms with Gasteiger partial charge < -0.3 is 37.7 Å². The zero-order chi connectivity index (χ0) is 33.3. The molecule has 8 heteroatoms. The first-order valence-corrected chi connectivity index (χ1v) is 21.0. The van der Waals surface area contributed by atoms with Crippen molar-refractivity contribution >= 4 is 11.4 Å². The summed E-state index contributed by atoms with van der Waals surface area (Å²) in [6.45, 7) is 10.6. The Kier molecular flexibility index (Phi) is 4.99. The van der Waals surface area contributed by atoms with E-state index in [-0.39, 0.29) is 23.3 Å². The standard InChI is InChI=1S/C44H50N4O4/c1-3-7-33-31(5-1)43-11-13-47(21-27-23-51-27)19-25-10-16-50-42-37(29(25)17-35(43)47)39(43)45(33)41-38-30-18-36-44(32-6-2-4-8-34(32)46(42)40(38)44)12-14-48(36,22-28-24-52-28)20-26(30)9-15-49-41/h1-10,27-30,35-42H,11-24H2/q+2/t27?,28?,29-,30-,35-,36-,37+,38+,39-,40-,41+,42+,43+,44+,47?,48?/m0/s1. The van der Waals surface area contributed by atoms with Crippen LogP contribution < -0.4 is 9.80 Å². The Morgan fingerprint density at radius 3 is 1.54 bits per heavy atom. The van der Waals surface area contributed by atoms with Crippen LogP contribution in [-0.4, -0.2) is 123 Å². The molecule has 268 valence electrons. The number of nitrogens with zero attached hydrogens (tertiary/aromatic N) is 4. The molecule has 16 atom stereocenters. The fourth-order valence-electron chi connectivity index (χ4n) is 17.1. The highest BCUT2D eigenvalue weighted by molar-refractivity contribution is 5.72. The van der Waals surface area contributed by atoms with E-state index in [4.69, 9.17) is 18.9 Å². The van der Waals surface area contributed by atoms with Gasteiger partial charge >= 0.3 is 0 Å². The summed E-state index contributed by atoms with van der Waals surface area (Å²) < 4.78 is 29.7. The van der Waals surface area contributed by atoms with Crippen molar-refractivity contribution in [2.24, 2.45) is 23.7 Å². The minimum Gasteiger partial charge on any atom is -0.367 e. The van der Waals surface area contributed by atoms with Gasteiger partial charge in [0.25, 0.3) is 0 Å². The average Bonchev–Trinajstić information content (AvgIpc) is 4.07. The van der Waals surface area contributed by atoms with Crippen LogP contribution in [0.2, 0.25) is 0 Å². The predicted molar refractivity (Wildman–Crippen MR) is 194 cm³/mol. The van der Waals surface area contributed by atoms with Crippen LogP contribution in [0.15, 0.2) is 71.8 Å². The largest absolute Gasteiger partial charge is 0.367 e. The minimum atomic E-state index is 0.0426. The highest BCUT2D eigenvalue weighted by Crippen LogP contribution is 2.72. The molecule has 0 radical (unpaired) electrons. The van der Waals surface area contributed by atoms with Gasteiger partial charge in [0, 0.05) is 60.7 Å². The third-order valence-corrected chi connectivity index (χ3v) is 18.4. The number of hydrogen-bond acceptors (Lipinski definition) is 6. The lowest BCUT2D eigenvalue weighted by Gasteiger charge is -2.65. The zero-order valence-corrected chi connectivity index (χ0v) is 30.0. The second-order valence-corrected chi connectivity index (χ2v) is 19.7. The van der Waals surface area contributed by atoms with Crippen LogP contribution in [0.25, 0.3) is 0 Å². The van der Waals surface area contributed by atoms with Gasteiger partial charge in [-0.3, -0.25) is 0 Å². The summed E-state index contributed by atoms with van der Waals surface area (Å²) in [6, 6.07) is 21.4. The third-order valence-electron chi connectivity index (χ3n) is 18.4. The molecular weight excluding hydrogens is 649 g/mol. The smallest absolute Gasteiger partial charge is 0.136 e. The van der Waals surface area contributed by atoms with Crippen LogP contribution in [-0.2, 0) is 29.8 Å². The molecule has 2 aromatic rings. The van der Waals surface area contributed by atoms with Crippen molar-refractivity contribution in [2.75, 3.05) is 75.5 Å². The van der Waals surface area contributed by atoms with E-state index in [9.17, 15) is 0 Å². The van der Waals surface area contributed by atoms with E-state index in [1.54, 1.807) is 22.3 Å². The number of hydrogen-bond donors (Lipinski definition) is 0. The number of ether oxygens (including phenoxy) is 4. The number of epoxide rings is 2. The Morgan fingerprint density at radius 2 is 1.08 bits per heavy atom. The molecule has 2 saturated carbocycles. The fourth-order valence-corrected chi connectivity index (χ4v) is 17.1. The number of anilines is 2. The summed E-state index contributed by atoms with van der Waals surface area (Å²) in [7, 11) is 0. The SMILES string of the molecule is C1=C2C[N+]3(CC4CO4)CC[C@]45c6ccccc6N6[C@@H]7OCC=C8C[N+]9(CC%10CO%10)CC[C@]%10%11c%12ccccc%12N([C@H](OC1)[C@@H]([C@H]64)[C@H]2C[C@@H]53)[C@H]%10[C@H]7[C@H]8C[C@@H]%119. The first kappa shape index (κ1) is 28.7. The van der Waals surface area contributed by atoms with Gasteiger partial charge in [0.05, 0.1) is 62.4 Å². The molecule has 7 saturated heterocycles. The van der Waals surface area contributed by atoms with E-state index in [1.165, 1.54) is 85.3 Å². The predicted octanol–water partition coefficient (Wildman–Crippen LogP) is 4.09. The van der Waals surface area contributed by atoms with Crippen molar-refractivity contribution in [2.45, 2.75) is 85.3 Å². The summed E-state index contributed by atoms with van der Waals surface area (Å²) >= 11 is 0. The summed E-state index contributed by atoms with van der Waals surface area (Å²) in [5, 5.41) is 0. The average molecular weight is 699 g/mol. The molecule has 9 fully saturated rings. The van der Waals surface area contributed by atoms with Crippen molar-refractivity contribution in [3.63, 3.8) is 0 Å². The van der Waals surface area contributed by atoms with Crippen molar-refractivity contribution in [3.8, 4) is 0 Å². The second-order valence-electron chi connectivity index (χ2n) is 19.7. The topological polar surface area (TPSA) is 50.0 Å². The molecule has 4 bridgehead atoms. The molecule has 2 aromatic carbocycles. The molecule has 11 aliphatic heterocycles. The molecule has 15 rings (SSSR count). The summed E-state index contributed by atoms with van der Waals surface area (Å²) in [6.07, 6.45) is 11.2. The van der Waals surface area contributed by atoms with Crippen LogP contribution in [0.3, 0.4) is 0 Å². The number of quaternary nitrogens is 2.